The molecule has 0 spiro atoms. The average molecular weight is 493 g/mol. The van der Waals surface area contributed by atoms with Crippen LogP contribution in [-0.4, -0.2) is 53.9 Å². The fourth-order valence-electron chi connectivity index (χ4n) is 4.25. The van der Waals surface area contributed by atoms with Crippen molar-refractivity contribution in [3.05, 3.63) is 95.6 Å². The summed E-state index contributed by atoms with van der Waals surface area (Å²) in [6.07, 6.45) is 2.87. The average Bonchev–Trinajstić information content (AvgIpc) is 2.85. The summed E-state index contributed by atoms with van der Waals surface area (Å²) in [7, 11) is 2.27. The largest absolute Gasteiger partial charge is 0.497 e. The number of nitrogens with zero attached hydrogens (tertiary/aromatic N) is 2. The molecule has 0 saturated heterocycles. The van der Waals surface area contributed by atoms with E-state index < -0.39 is 10.0 Å². The fraction of sp³-hybridized carbons (Fsp3) is 0.310. The van der Waals surface area contributed by atoms with E-state index in [1.807, 2.05) is 68.7 Å². The van der Waals surface area contributed by atoms with E-state index in [4.69, 9.17) is 4.74 Å². The van der Waals surface area contributed by atoms with Crippen molar-refractivity contribution in [2.24, 2.45) is 0 Å². The highest BCUT2D eigenvalue weighted by molar-refractivity contribution is 7.92. The lowest BCUT2D eigenvalue weighted by atomic mass is 9.88. The Bertz CT molecular complexity index is 1220. The van der Waals surface area contributed by atoms with Crippen LogP contribution in [0.4, 0.5) is 5.69 Å². The van der Waals surface area contributed by atoms with Crippen LogP contribution in [-0.2, 0) is 10.0 Å². The monoisotopic (exact) mass is 492 g/mol. The maximum Gasteiger partial charge on any atom is 0.232 e. The van der Waals surface area contributed by atoms with Gasteiger partial charge in [0.25, 0.3) is 0 Å². The molecule has 0 aliphatic rings. The summed E-state index contributed by atoms with van der Waals surface area (Å²) in [5.74, 6) is 0.824. The molecule has 0 amide bonds. The Labute approximate surface area is 210 Å². The van der Waals surface area contributed by atoms with E-state index in [0.29, 0.717) is 12.2 Å². The van der Waals surface area contributed by atoms with Crippen molar-refractivity contribution in [1.29, 1.82) is 0 Å². The van der Waals surface area contributed by atoms with Crippen LogP contribution in [0.2, 0.25) is 0 Å². The lowest BCUT2D eigenvalue weighted by Gasteiger charge is -2.24. The summed E-state index contributed by atoms with van der Waals surface area (Å²) in [4.78, 5) is 2.06. The van der Waals surface area contributed by atoms with Gasteiger partial charge in [-0.15, -0.1) is 0 Å². The molecule has 3 aromatic carbocycles. The zero-order chi connectivity index (χ0) is 25.4. The number of anilines is 1. The van der Waals surface area contributed by atoms with Gasteiger partial charge in [-0.05, 0) is 85.6 Å². The molecular weight excluding hydrogens is 456 g/mol. The van der Waals surface area contributed by atoms with Crippen LogP contribution < -0.4 is 9.04 Å². The molecule has 0 heterocycles. The molecule has 0 radical (unpaired) electrons. The number of hydrogen-bond donors (Lipinski definition) is 0. The van der Waals surface area contributed by atoms with Crippen LogP contribution in [0.5, 0.6) is 5.75 Å². The van der Waals surface area contributed by atoms with E-state index in [-0.39, 0.29) is 0 Å². The predicted molar refractivity (Wildman–Crippen MR) is 147 cm³/mol. The third kappa shape index (κ3) is 6.96. The molecule has 35 heavy (non-hydrogen) atoms. The Morgan fingerprint density at radius 3 is 1.89 bits per heavy atom. The third-order valence-corrected chi connectivity index (χ3v) is 7.16. The van der Waals surface area contributed by atoms with Gasteiger partial charge in [0.05, 0.1) is 19.1 Å². The molecule has 5 nitrogen and oxygen atoms in total. The van der Waals surface area contributed by atoms with Crippen LogP contribution in [0, 0.1) is 0 Å². The first kappa shape index (κ1) is 26.5. The third-order valence-electron chi connectivity index (χ3n) is 5.97. The van der Waals surface area contributed by atoms with E-state index in [0.717, 1.165) is 47.4 Å². The molecule has 3 aromatic rings. The van der Waals surface area contributed by atoms with Crippen LogP contribution >= 0.6 is 0 Å². The van der Waals surface area contributed by atoms with Gasteiger partial charge in [0.2, 0.25) is 10.0 Å². The first-order valence-electron chi connectivity index (χ1n) is 11.9. The van der Waals surface area contributed by atoms with Gasteiger partial charge < -0.3 is 9.64 Å². The minimum absolute atomic E-state index is 0.448. The van der Waals surface area contributed by atoms with Crippen LogP contribution in [0.25, 0.3) is 11.1 Å². The Kier molecular flexibility index (Phi) is 9.13. The molecule has 0 bridgehead atoms. The molecule has 0 unspecified atom stereocenters. The number of benzene rings is 3. The second-order valence-corrected chi connectivity index (χ2v) is 10.7. The molecule has 0 aromatic heterocycles. The number of hydrogen-bond acceptors (Lipinski definition) is 4. The van der Waals surface area contributed by atoms with E-state index >= 15 is 0 Å². The SMILES string of the molecule is CCC(=C(c1ccccc1)c1ccc(N(CCCN(C)C)S(C)(=O)=O)cc1)c1ccc(OC)cc1. The summed E-state index contributed by atoms with van der Waals surface area (Å²) in [5.41, 5.74) is 6.36. The zero-order valence-corrected chi connectivity index (χ0v) is 22.2. The number of ether oxygens (including phenoxy) is 1. The van der Waals surface area contributed by atoms with Crippen LogP contribution in [0.1, 0.15) is 36.5 Å². The Hall–Kier alpha value is -3.09. The van der Waals surface area contributed by atoms with E-state index in [1.165, 1.54) is 16.1 Å². The van der Waals surface area contributed by atoms with Gasteiger partial charge in [-0.25, -0.2) is 8.42 Å². The number of allylic oxidation sites excluding steroid dienone is 1. The number of rotatable bonds is 11. The quantitative estimate of drug-likeness (QED) is 0.318. The second-order valence-electron chi connectivity index (χ2n) is 8.84. The van der Waals surface area contributed by atoms with Crippen molar-refractivity contribution in [3.8, 4) is 5.75 Å². The molecule has 3 rings (SSSR count). The van der Waals surface area contributed by atoms with E-state index in [9.17, 15) is 8.42 Å². The van der Waals surface area contributed by atoms with Crippen LogP contribution in [0.3, 0.4) is 0 Å². The van der Waals surface area contributed by atoms with Crippen molar-refractivity contribution in [1.82, 2.24) is 4.90 Å². The maximum absolute atomic E-state index is 12.5. The molecule has 0 saturated carbocycles. The smallest absolute Gasteiger partial charge is 0.232 e. The molecule has 0 aliphatic heterocycles. The van der Waals surface area contributed by atoms with Gasteiger partial charge in [-0.1, -0.05) is 61.5 Å². The second kappa shape index (κ2) is 12.0. The molecule has 0 aliphatic carbocycles. The highest BCUT2D eigenvalue weighted by atomic mass is 32.2. The van der Waals surface area contributed by atoms with Gasteiger partial charge >= 0.3 is 0 Å². The minimum atomic E-state index is -3.38. The zero-order valence-electron chi connectivity index (χ0n) is 21.4. The molecule has 6 heteroatoms. The summed E-state index contributed by atoms with van der Waals surface area (Å²) < 4.78 is 31.9. The van der Waals surface area contributed by atoms with Crippen LogP contribution in [0.15, 0.2) is 78.9 Å². The lowest BCUT2D eigenvalue weighted by molar-refractivity contribution is 0.403. The summed E-state index contributed by atoms with van der Waals surface area (Å²) in [6.45, 7) is 3.43. The Morgan fingerprint density at radius 2 is 1.37 bits per heavy atom. The van der Waals surface area contributed by atoms with E-state index in [1.54, 1.807) is 7.11 Å². The molecule has 0 fully saturated rings. The molecule has 0 N–H and O–H groups in total. The van der Waals surface area contributed by atoms with Gasteiger partial charge in [-0.3, -0.25) is 4.31 Å². The van der Waals surface area contributed by atoms with Gasteiger partial charge in [-0.2, -0.15) is 0 Å². The van der Waals surface area contributed by atoms with Crippen molar-refractivity contribution < 1.29 is 13.2 Å². The summed E-state index contributed by atoms with van der Waals surface area (Å²) in [6, 6.07) is 26.4. The topological polar surface area (TPSA) is 49.9 Å². The van der Waals surface area contributed by atoms with Crippen molar-refractivity contribution in [2.75, 3.05) is 44.9 Å². The normalized spacial score (nSPS) is 12.4. The Morgan fingerprint density at radius 1 is 0.800 bits per heavy atom. The maximum atomic E-state index is 12.5. The number of methoxy groups -OCH3 is 1. The summed E-state index contributed by atoms with van der Waals surface area (Å²) in [5, 5.41) is 0. The summed E-state index contributed by atoms with van der Waals surface area (Å²) >= 11 is 0. The Balaban J connectivity index is 2.07. The highest BCUT2D eigenvalue weighted by Gasteiger charge is 2.18. The predicted octanol–water partition coefficient (Wildman–Crippen LogP) is 5.78. The van der Waals surface area contributed by atoms with Gasteiger partial charge in [0.15, 0.2) is 0 Å². The highest BCUT2D eigenvalue weighted by Crippen LogP contribution is 2.35. The standard InChI is InChI=1S/C29H36N2O3S/c1-6-28(23-15-19-27(34-4)20-16-23)29(24-11-8-7-9-12-24)25-13-17-26(18-14-25)31(35(5,32)33)22-10-21-30(2)3/h7-9,11-20H,6,10,21-22H2,1-5H3. The van der Waals surface area contributed by atoms with Gasteiger partial charge in [0, 0.05) is 6.54 Å². The first-order valence-corrected chi connectivity index (χ1v) is 13.7. The lowest BCUT2D eigenvalue weighted by Crippen LogP contribution is -2.32. The first-order chi connectivity index (χ1) is 16.7. The van der Waals surface area contributed by atoms with Gasteiger partial charge in [0.1, 0.15) is 5.75 Å². The molecule has 186 valence electrons. The van der Waals surface area contributed by atoms with Crippen molar-refractivity contribution in [3.63, 3.8) is 0 Å². The van der Waals surface area contributed by atoms with E-state index in [2.05, 4.69) is 36.1 Å². The molecular formula is C29H36N2O3S. The van der Waals surface area contributed by atoms with Crippen molar-refractivity contribution in [2.45, 2.75) is 19.8 Å². The minimum Gasteiger partial charge on any atom is -0.497 e. The van der Waals surface area contributed by atoms with Crippen molar-refractivity contribution >= 4 is 26.9 Å². The number of sulfonamides is 1. The fourth-order valence-corrected chi connectivity index (χ4v) is 5.21. The molecule has 0 atom stereocenters.